The molecule has 0 atom stereocenters. The molecule has 3 rings (SSSR count). The molecule has 0 aliphatic heterocycles. The first kappa shape index (κ1) is 13.6. The van der Waals surface area contributed by atoms with Gasteiger partial charge in [-0.15, -0.1) is 11.3 Å². The number of thiophene rings is 1. The SMILES string of the molecule is O/N=C1/CCCc2ccc(OCc3cc(Br)cs3)cc21. The summed E-state index contributed by atoms with van der Waals surface area (Å²) in [5.74, 6) is 0.816. The van der Waals surface area contributed by atoms with Crippen LogP contribution in [0.15, 0.2) is 39.3 Å². The Bertz CT molecular complexity index is 651. The van der Waals surface area contributed by atoms with Crippen LogP contribution in [0.25, 0.3) is 0 Å². The van der Waals surface area contributed by atoms with E-state index in [4.69, 9.17) is 9.94 Å². The Labute approximate surface area is 130 Å². The third kappa shape index (κ3) is 2.88. The lowest BCUT2D eigenvalue weighted by Gasteiger charge is -2.17. The van der Waals surface area contributed by atoms with Gasteiger partial charge in [-0.2, -0.15) is 0 Å². The molecule has 0 amide bonds. The van der Waals surface area contributed by atoms with Gasteiger partial charge in [-0.3, -0.25) is 0 Å². The second-order valence-electron chi connectivity index (χ2n) is 4.74. The molecule has 0 spiro atoms. The van der Waals surface area contributed by atoms with Crippen LogP contribution in [0.5, 0.6) is 5.75 Å². The Morgan fingerprint density at radius 3 is 2.95 bits per heavy atom. The zero-order chi connectivity index (χ0) is 13.9. The predicted molar refractivity (Wildman–Crippen MR) is 84.1 cm³/mol. The predicted octanol–water partition coefficient (Wildman–Crippen LogP) is 4.60. The highest BCUT2D eigenvalue weighted by Crippen LogP contribution is 2.27. The average molecular weight is 352 g/mol. The lowest BCUT2D eigenvalue weighted by molar-refractivity contribution is 0.309. The van der Waals surface area contributed by atoms with Crippen molar-refractivity contribution in [2.45, 2.75) is 25.9 Å². The average Bonchev–Trinajstić information content (AvgIpc) is 2.90. The van der Waals surface area contributed by atoms with Crippen LogP contribution in [0.4, 0.5) is 0 Å². The summed E-state index contributed by atoms with van der Waals surface area (Å²) in [6.07, 6.45) is 2.90. The first-order chi connectivity index (χ1) is 9.76. The van der Waals surface area contributed by atoms with Crippen LogP contribution in [0, 0.1) is 0 Å². The van der Waals surface area contributed by atoms with Crippen LogP contribution < -0.4 is 4.74 Å². The third-order valence-electron chi connectivity index (χ3n) is 3.38. The number of nitrogens with zero attached hydrogens (tertiary/aromatic N) is 1. The molecule has 0 fully saturated rings. The molecular weight excluding hydrogens is 338 g/mol. The normalized spacial score (nSPS) is 16.1. The summed E-state index contributed by atoms with van der Waals surface area (Å²) in [4.78, 5) is 1.17. The summed E-state index contributed by atoms with van der Waals surface area (Å²) in [6.45, 7) is 0.556. The van der Waals surface area contributed by atoms with Crippen molar-refractivity contribution >= 4 is 33.0 Å². The molecule has 0 unspecified atom stereocenters. The molecule has 3 nitrogen and oxygen atoms in total. The van der Waals surface area contributed by atoms with Gasteiger partial charge in [0.25, 0.3) is 0 Å². The van der Waals surface area contributed by atoms with E-state index in [0.29, 0.717) is 6.61 Å². The highest BCUT2D eigenvalue weighted by molar-refractivity contribution is 9.10. The van der Waals surface area contributed by atoms with E-state index in [9.17, 15) is 0 Å². The van der Waals surface area contributed by atoms with Crippen molar-refractivity contribution in [3.8, 4) is 5.75 Å². The van der Waals surface area contributed by atoms with Gasteiger partial charge in [-0.05, 0) is 59.0 Å². The zero-order valence-electron chi connectivity index (χ0n) is 10.8. The Hall–Kier alpha value is -1.33. The zero-order valence-corrected chi connectivity index (χ0v) is 13.2. The molecule has 1 aromatic heterocycles. The van der Waals surface area contributed by atoms with Crippen molar-refractivity contribution in [1.29, 1.82) is 0 Å². The van der Waals surface area contributed by atoms with Crippen molar-refractivity contribution < 1.29 is 9.94 Å². The Balaban J connectivity index is 1.78. The molecule has 1 aliphatic carbocycles. The Morgan fingerprint density at radius 2 is 2.20 bits per heavy atom. The number of hydrogen-bond acceptors (Lipinski definition) is 4. The summed E-state index contributed by atoms with van der Waals surface area (Å²) in [6, 6.07) is 8.09. The summed E-state index contributed by atoms with van der Waals surface area (Å²) in [5, 5.41) is 14.5. The van der Waals surface area contributed by atoms with Gasteiger partial charge >= 0.3 is 0 Å². The first-order valence-electron chi connectivity index (χ1n) is 6.46. The van der Waals surface area contributed by atoms with Gasteiger partial charge in [0.15, 0.2) is 0 Å². The molecule has 1 N–H and O–H groups in total. The van der Waals surface area contributed by atoms with E-state index in [1.807, 2.05) is 17.5 Å². The molecule has 20 heavy (non-hydrogen) atoms. The van der Waals surface area contributed by atoms with Crippen LogP contribution in [0.2, 0.25) is 0 Å². The van der Waals surface area contributed by atoms with Crippen LogP contribution in [-0.2, 0) is 13.0 Å². The van der Waals surface area contributed by atoms with Crippen molar-refractivity contribution in [3.05, 3.63) is 50.1 Å². The second-order valence-corrected chi connectivity index (χ2v) is 6.65. The number of hydrogen-bond donors (Lipinski definition) is 1. The smallest absolute Gasteiger partial charge is 0.122 e. The van der Waals surface area contributed by atoms with Crippen LogP contribution in [0.1, 0.15) is 28.8 Å². The summed E-state index contributed by atoms with van der Waals surface area (Å²) < 4.78 is 6.90. The summed E-state index contributed by atoms with van der Waals surface area (Å²) in [7, 11) is 0. The highest BCUT2D eigenvalue weighted by atomic mass is 79.9. The Morgan fingerprint density at radius 1 is 1.30 bits per heavy atom. The molecule has 1 aromatic carbocycles. The van der Waals surface area contributed by atoms with Gasteiger partial charge in [0.2, 0.25) is 0 Å². The van der Waals surface area contributed by atoms with Crippen LogP contribution in [-0.4, -0.2) is 10.9 Å². The maximum absolute atomic E-state index is 9.08. The number of fused-ring (bicyclic) bond motifs is 1. The molecule has 0 saturated heterocycles. The summed E-state index contributed by atoms with van der Waals surface area (Å²) >= 11 is 5.10. The number of rotatable bonds is 3. The fourth-order valence-electron chi connectivity index (χ4n) is 2.40. The van der Waals surface area contributed by atoms with Crippen molar-refractivity contribution in [2.24, 2.45) is 5.16 Å². The third-order valence-corrected chi connectivity index (χ3v) is 5.05. The molecular formula is C15H14BrNO2S. The molecule has 1 aliphatic rings. The fourth-order valence-corrected chi connectivity index (χ4v) is 3.76. The van der Waals surface area contributed by atoms with Crippen LogP contribution >= 0.6 is 27.3 Å². The Kier molecular flexibility index (Phi) is 4.08. The van der Waals surface area contributed by atoms with Gasteiger partial charge in [-0.1, -0.05) is 11.2 Å². The second kappa shape index (κ2) is 5.97. The molecule has 0 bridgehead atoms. The number of aryl methyl sites for hydroxylation is 1. The van der Waals surface area contributed by atoms with E-state index in [1.54, 1.807) is 11.3 Å². The monoisotopic (exact) mass is 351 g/mol. The molecule has 0 saturated carbocycles. The molecule has 0 radical (unpaired) electrons. The minimum Gasteiger partial charge on any atom is -0.488 e. The number of halogens is 1. The van der Waals surface area contributed by atoms with E-state index in [-0.39, 0.29) is 0 Å². The summed E-state index contributed by atoms with van der Waals surface area (Å²) in [5.41, 5.74) is 3.01. The maximum Gasteiger partial charge on any atom is 0.122 e. The number of ether oxygens (including phenoxy) is 1. The minimum atomic E-state index is 0.556. The topological polar surface area (TPSA) is 41.8 Å². The molecule has 5 heteroatoms. The molecule has 1 heterocycles. The largest absolute Gasteiger partial charge is 0.488 e. The number of benzene rings is 1. The number of oxime groups is 1. The van der Waals surface area contributed by atoms with E-state index in [1.165, 1.54) is 10.4 Å². The molecule has 104 valence electrons. The van der Waals surface area contributed by atoms with Crippen LogP contribution in [0.3, 0.4) is 0 Å². The van der Waals surface area contributed by atoms with Crippen molar-refractivity contribution in [3.63, 3.8) is 0 Å². The lowest BCUT2D eigenvalue weighted by Crippen LogP contribution is -2.12. The lowest BCUT2D eigenvalue weighted by atomic mass is 9.90. The van der Waals surface area contributed by atoms with E-state index >= 15 is 0 Å². The van der Waals surface area contributed by atoms with Gasteiger partial charge in [0.05, 0.1) is 5.71 Å². The van der Waals surface area contributed by atoms with Gasteiger partial charge in [0, 0.05) is 20.3 Å². The quantitative estimate of drug-likeness (QED) is 0.648. The van der Waals surface area contributed by atoms with Gasteiger partial charge in [-0.25, -0.2) is 0 Å². The fraction of sp³-hybridized carbons (Fsp3) is 0.267. The van der Waals surface area contributed by atoms with E-state index in [0.717, 1.165) is 40.8 Å². The van der Waals surface area contributed by atoms with Crippen molar-refractivity contribution in [2.75, 3.05) is 0 Å². The van der Waals surface area contributed by atoms with E-state index < -0.39 is 0 Å². The first-order valence-corrected chi connectivity index (χ1v) is 8.13. The van der Waals surface area contributed by atoms with Crippen molar-refractivity contribution in [1.82, 2.24) is 0 Å². The standard InChI is InChI=1S/C15H14BrNO2S/c16-11-6-13(20-9-11)8-19-12-5-4-10-2-1-3-15(17-18)14(10)7-12/h4-7,9,18H,1-3,8H2/b17-15-. The van der Waals surface area contributed by atoms with Gasteiger partial charge in [0.1, 0.15) is 12.4 Å². The minimum absolute atomic E-state index is 0.556. The highest BCUT2D eigenvalue weighted by Gasteiger charge is 2.16. The molecule has 2 aromatic rings. The van der Waals surface area contributed by atoms with Gasteiger partial charge < -0.3 is 9.94 Å². The van der Waals surface area contributed by atoms with E-state index in [2.05, 4.69) is 33.2 Å². The maximum atomic E-state index is 9.08.